The van der Waals surface area contributed by atoms with Crippen LogP contribution < -0.4 is 11.1 Å². The number of carbonyl (C=O) groups is 1. The van der Waals surface area contributed by atoms with E-state index in [2.05, 4.69) is 33.4 Å². The number of nitrogen functional groups attached to an aromatic ring is 1. The number of methoxy groups -OCH3 is 1. The van der Waals surface area contributed by atoms with Gasteiger partial charge in [0.2, 0.25) is 0 Å². The van der Waals surface area contributed by atoms with Crippen molar-refractivity contribution in [1.29, 1.82) is 0 Å². The van der Waals surface area contributed by atoms with E-state index in [1.165, 1.54) is 17.6 Å². The molecule has 0 saturated heterocycles. The molecule has 0 fully saturated rings. The number of anilines is 2. The number of nitrogens with two attached hydrogens (primary N) is 1. The van der Waals surface area contributed by atoms with Crippen LogP contribution in [-0.4, -0.2) is 18.1 Å². The number of nitrogens with zero attached hydrogens (tertiary/aromatic N) is 1. The predicted molar refractivity (Wildman–Crippen MR) is 81.0 cm³/mol. The molecule has 106 valence electrons. The van der Waals surface area contributed by atoms with E-state index in [0.717, 1.165) is 6.42 Å². The van der Waals surface area contributed by atoms with E-state index in [4.69, 9.17) is 5.73 Å². The molecule has 0 amide bonds. The molecule has 2 aromatic rings. The first kappa shape index (κ1) is 14.3. The van der Waals surface area contributed by atoms with E-state index in [1.807, 2.05) is 0 Å². The molecule has 2 rings (SSSR count). The molecule has 2 heterocycles. The molecule has 20 heavy (non-hydrogen) atoms. The molecule has 0 aliphatic heterocycles. The van der Waals surface area contributed by atoms with Gasteiger partial charge in [-0.15, -0.1) is 11.3 Å². The first-order valence-electron chi connectivity index (χ1n) is 6.29. The Balaban J connectivity index is 2.14. The lowest BCUT2D eigenvalue weighted by atomic mass is 10.2. The fraction of sp³-hybridized carbons (Fsp3) is 0.286. The lowest BCUT2D eigenvalue weighted by Gasteiger charge is -2.09. The van der Waals surface area contributed by atoms with Crippen molar-refractivity contribution >= 4 is 28.8 Å². The first-order chi connectivity index (χ1) is 9.65. The third-order valence-electron chi connectivity index (χ3n) is 2.96. The van der Waals surface area contributed by atoms with E-state index in [1.54, 1.807) is 23.5 Å². The Morgan fingerprint density at radius 3 is 2.95 bits per heavy atom. The monoisotopic (exact) mass is 291 g/mol. The van der Waals surface area contributed by atoms with E-state index >= 15 is 0 Å². The molecular formula is C14H17N3O2S. The highest BCUT2D eigenvalue weighted by Gasteiger charge is 2.11. The molecule has 5 nitrogen and oxygen atoms in total. The Bertz CT molecular complexity index is 610. The van der Waals surface area contributed by atoms with Gasteiger partial charge in [0, 0.05) is 4.88 Å². The number of aromatic nitrogens is 1. The Morgan fingerprint density at radius 1 is 1.45 bits per heavy atom. The molecule has 6 heteroatoms. The fourth-order valence-corrected chi connectivity index (χ4v) is 2.75. The van der Waals surface area contributed by atoms with Gasteiger partial charge in [0.15, 0.2) is 11.5 Å². The summed E-state index contributed by atoms with van der Waals surface area (Å²) in [5.41, 5.74) is 7.93. The zero-order valence-corrected chi connectivity index (χ0v) is 12.3. The van der Waals surface area contributed by atoms with E-state index in [9.17, 15) is 4.79 Å². The molecule has 0 aliphatic rings. The Morgan fingerprint density at radius 2 is 2.25 bits per heavy atom. The molecule has 0 aliphatic carbocycles. The molecule has 0 saturated carbocycles. The van der Waals surface area contributed by atoms with Gasteiger partial charge in [0.25, 0.3) is 0 Å². The highest BCUT2D eigenvalue weighted by Crippen LogP contribution is 2.21. The maximum atomic E-state index is 11.5. The van der Waals surface area contributed by atoms with Crippen molar-refractivity contribution in [1.82, 2.24) is 4.98 Å². The number of pyridine rings is 1. The molecule has 3 N–H and O–H groups in total. The molecule has 0 spiro atoms. The maximum Gasteiger partial charge on any atom is 0.356 e. The number of esters is 1. The van der Waals surface area contributed by atoms with Crippen molar-refractivity contribution in [2.75, 3.05) is 18.2 Å². The summed E-state index contributed by atoms with van der Waals surface area (Å²) in [6.45, 7) is 2.76. The van der Waals surface area contributed by atoms with Crippen molar-refractivity contribution < 1.29 is 9.53 Å². The van der Waals surface area contributed by atoms with Gasteiger partial charge < -0.3 is 15.8 Å². The summed E-state index contributed by atoms with van der Waals surface area (Å²) in [5, 5.41) is 5.24. The van der Waals surface area contributed by atoms with Crippen LogP contribution in [0.1, 0.15) is 27.9 Å². The lowest BCUT2D eigenvalue weighted by Crippen LogP contribution is -2.10. The fourth-order valence-electron chi connectivity index (χ4n) is 1.83. The van der Waals surface area contributed by atoms with Crippen LogP contribution in [0.2, 0.25) is 0 Å². The van der Waals surface area contributed by atoms with Gasteiger partial charge in [-0.25, -0.2) is 9.78 Å². The van der Waals surface area contributed by atoms with Gasteiger partial charge in [-0.3, -0.25) is 0 Å². The first-order valence-corrected chi connectivity index (χ1v) is 7.17. The van der Waals surface area contributed by atoms with Crippen LogP contribution in [0.3, 0.4) is 0 Å². The average molecular weight is 291 g/mol. The van der Waals surface area contributed by atoms with Crippen molar-refractivity contribution in [3.05, 3.63) is 39.7 Å². The normalized spacial score (nSPS) is 10.3. The van der Waals surface area contributed by atoms with E-state index < -0.39 is 5.97 Å². The van der Waals surface area contributed by atoms with E-state index in [0.29, 0.717) is 18.1 Å². The van der Waals surface area contributed by atoms with Gasteiger partial charge in [-0.1, -0.05) is 6.92 Å². The van der Waals surface area contributed by atoms with Gasteiger partial charge >= 0.3 is 5.97 Å². The summed E-state index contributed by atoms with van der Waals surface area (Å²) in [4.78, 5) is 16.9. The average Bonchev–Trinajstić information content (AvgIpc) is 2.93. The predicted octanol–water partition coefficient (Wildman–Crippen LogP) is 2.69. The molecule has 2 aromatic heterocycles. The van der Waals surface area contributed by atoms with Crippen LogP contribution in [0.4, 0.5) is 11.5 Å². The Labute approximate surface area is 121 Å². The topological polar surface area (TPSA) is 77.2 Å². The quantitative estimate of drug-likeness (QED) is 0.828. The minimum Gasteiger partial charge on any atom is -0.464 e. The summed E-state index contributed by atoms with van der Waals surface area (Å²) < 4.78 is 4.65. The summed E-state index contributed by atoms with van der Waals surface area (Å²) in [6, 6.07) is 5.31. The number of rotatable bonds is 5. The van der Waals surface area contributed by atoms with Crippen molar-refractivity contribution in [3.8, 4) is 0 Å². The molecule has 0 unspecified atom stereocenters. The lowest BCUT2D eigenvalue weighted by molar-refractivity contribution is 0.0594. The summed E-state index contributed by atoms with van der Waals surface area (Å²) in [6.07, 6.45) is 0.992. The highest BCUT2D eigenvalue weighted by atomic mass is 32.1. The smallest absolute Gasteiger partial charge is 0.356 e. The second-order valence-electron chi connectivity index (χ2n) is 4.20. The Hall–Kier alpha value is -2.08. The number of aryl methyl sites for hydroxylation is 1. The van der Waals surface area contributed by atoms with Gasteiger partial charge in [0.05, 0.1) is 19.3 Å². The third-order valence-corrected chi connectivity index (χ3v) is 3.92. The second kappa shape index (κ2) is 6.38. The van der Waals surface area contributed by atoms with Crippen LogP contribution in [0.5, 0.6) is 0 Å². The van der Waals surface area contributed by atoms with Gasteiger partial charge in [0.1, 0.15) is 0 Å². The molecule has 0 bridgehead atoms. The summed E-state index contributed by atoms with van der Waals surface area (Å²) in [5.74, 6) is 0.0294. The van der Waals surface area contributed by atoms with Crippen molar-refractivity contribution in [2.24, 2.45) is 0 Å². The van der Waals surface area contributed by atoms with Crippen LogP contribution >= 0.6 is 11.3 Å². The molecule has 0 radical (unpaired) electrons. The van der Waals surface area contributed by atoms with Gasteiger partial charge in [-0.05, 0) is 35.6 Å². The molecule has 0 aromatic carbocycles. The SMILES string of the molecule is CCc1ccsc1CNc1nc(C(=O)OC)ccc1N. The van der Waals surface area contributed by atoms with Crippen LogP contribution in [0.25, 0.3) is 0 Å². The number of nitrogens with one attached hydrogen (secondary N) is 1. The zero-order chi connectivity index (χ0) is 14.5. The minimum absolute atomic E-state index is 0.242. The van der Waals surface area contributed by atoms with Crippen molar-refractivity contribution in [3.63, 3.8) is 0 Å². The van der Waals surface area contributed by atoms with E-state index in [-0.39, 0.29) is 5.69 Å². The van der Waals surface area contributed by atoms with Crippen LogP contribution in [-0.2, 0) is 17.7 Å². The number of ether oxygens (including phenoxy) is 1. The maximum absolute atomic E-state index is 11.5. The molecular weight excluding hydrogens is 274 g/mol. The number of hydrogen-bond acceptors (Lipinski definition) is 6. The standard InChI is InChI=1S/C14H17N3O2S/c1-3-9-6-7-20-12(9)8-16-13-10(15)4-5-11(17-13)14(18)19-2/h4-7H,3,8,15H2,1-2H3,(H,16,17). The zero-order valence-electron chi connectivity index (χ0n) is 11.5. The summed E-state index contributed by atoms with van der Waals surface area (Å²) in [7, 11) is 1.33. The minimum atomic E-state index is -0.474. The molecule has 0 atom stereocenters. The highest BCUT2D eigenvalue weighted by molar-refractivity contribution is 7.10. The number of thiophene rings is 1. The summed E-state index contributed by atoms with van der Waals surface area (Å²) >= 11 is 1.69. The number of carbonyl (C=O) groups excluding carboxylic acids is 1. The largest absolute Gasteiger partial charge is 0.464 e. The van der Waals surface area contributed by atoms with Crippen LogP contribution in [0, 0.1) is 0 Å². The number of hydrogen-bond donors (Lipinski definition) is 2. The van der Waals surface area contributed by atoms with Crippen LogP contribution in [0.15, 0.2) is 23.6 Å². The Kier molecular flexibility index (Phi) is 4.57. The third kappa shape index (κ3) is 3.08. The van der Waals surface area contributed by atoms with Crippen molar-refractivity contribution in [2.45, 2.75) is 19.9 Å². The van der Waals surface area contributed by atoms with Gasteiger partial charge in [-0.2, -0.15) is 0 Å². The second-order valence-corrected chi connectivity index (χ2v) is 5.20.